The molecule has 4 bridgehead atoms. The third-order valence-electron chi connectivity index (χ3n) is 7.78. The Kier molecular flexibility index (Phi) is 6.14. The topological polar surface area (TPSA) is 147 Å². The molecule has 35 heavy (non-hydrogen) atoms. The minimum atomic E-state index is -0.561. The molecule has 188 valence electrons. The Morgan fingerprint density at radius 3 is 2.37 bits per heavy atom. The van der Waals surface area contributed by atoms with Crippen molar-refractivity contribution in [2.24, 2.45) is 23.2 Å². The Morgan fingerprint density at radius 1 is 1.09 bits per heavy atom. The number of nitrogens with zero attached hydrogens (tertiary/aromatic N) is 2. The van der Waals surface area contributed by atoms with Gasteiger partial charge in [-0.15, -0.1) is 0 Å². The van der Waals surface area contributed by atoms with Crippen LogP contribution in [0.4, 0.5) is 5.82 Å². The number of hydrogen-bond acceptors (Lipinski definition) is 9. The van der Waals surface area contributed by atoms with Crippen LogP contribution in [0.1, 0.15) is 73.8 Å². The molecule has 0 aliphatic heterocycles. The second-order valence-electron chi connectivity index (χ2n) is 10.3. The van der Waals surface area contributed by atoms with E-state index in [0.29, 0.717) is 23.5 Å². The molecule has 2 aromatic rings. The zero-order valence-corrected chi connectivity index (χ0v) is 20.2. The van der Waals surface area contributed by atoms with Gasteiger partial charge in [0, 0.05) is 12.0 Å². The van der Waals surface area contributed by atoms with Crippen LogP contribution < -0.4 is 11.1 Å². The van der Waals surface area contributed by atoms with Crippen molar-refractivity contribution < 1.29 is 28.3 Å². The van der Waals surface area contributed by atoms with Crippen LogP contribution in [0.25, 0.3) is 11.1 Å². The van der Waals surface area contributed by atoms with Crippen molar-refractivity contribution in [3.8, 4) is 0 Å². The Bertz CT molecular complexity index is 1140. The lowest BCUT2D eigenvalue weighted by Gasteiger charge is -2.55. The van der Waals surface area contributed by atoms with E-state index >= 15 is 0 Å². The molecule has 10 nitrogen and oxygen atoms in total. The summed E-state index contributed by atoms with van der Waals surface area (Å²) in [7, 11) is 0. The van der Waals surface area contributed by atoms with E-state index in [0.717, 1.165) is 19.3 Å². The quantitative estimate of drug-likeness (QED) is 0.540. The molecular formula is C25H32N4O6. The molecule has 0 atom stereocenters. The van der Waals surface area contributed by atoms with Gasteiger partial charge in [0.2, 0.25) is 11.6 Å². The van der Waals surface area contributed by atoms with E-state index in [2.05, 4.69) is 15.3 Å². The van der Waals surface area contributed by atoms with Crippen LogP contribution in [0.15, 0.2) is 4.42 Å². The molecule has 10 heteroatoms. The summed E-state index contributed by atoms with van der Waals surface area (Å²) in [6.07, 6.45) is 6.85. The highest BCUT2D eigenvalue weighted by Crippen LogP contribution is 2.60. The van der Waals surface area contributed by atoms with Crippen LogP contribution >= 0.6 is 0 Å². The van der Waals surface area contributed by atoms with Crippen molar-refractivity contribution in [3.05, 3.63) is 17.1 Å². The number of aromatic nitrogens is 2. The number of nitrogens with one attached hydrogen (secondary N) is 1. The summed E-state index contributed by atoms with van der Waals surface area (Å²) < 4.78 is 15.9. The van der Waals surface area contributed by atoms with Gasteiger partial charge in [-0.05, 0) is 70.1 Å². The normalized spacial score (nSPS) is 26.6. The van der Waals surface area contributed by atoms with Gasteiger partial charge in [0.05, 0.1) is 18.4 Å². The number of nitrogen functional groups attached to an aromatic ring is 1. The molecule has 4 saturated carbocycles. The lowest BCUT2D eigenvalue weighted by atomic mass is 9.49. The molecule has 4 fully saturated rings. The molecule has 0 spiro atoms. The van der Waals surface area contributed by atoms with E-state index in [1.54, 1.807) is 13.8 Å². The van der Waals surface area contributed by atoms with Gasteiger partial charge < -0.3 is 24.9 Å². The second-order valence-corrected chi connectivity index (χ2v) is 10.3. The predicted molar refractivity (Wildman–Crippen MR) is 125 cm³/mol. The molecule has 3 N–H and O–H groups in total. The fraction of sp³-hybridized carbons (Fsp3) is 0.640. The fourth-order valence-corrected chi connectivity index (χ4v) is 6.77. The molecule has 6 rings (SSSR count). The summed E-state index contributed by atoms with van der Waals surface area (Å²) >= 11 is 0. The molecule has 4 aliphatic carbocycles. The minimum Gasteiger partial charge on any atom is -0.462 e. The van der Waals surface area contributed by atoms with Crippen LogP contribution in [0.5, 0.6) is 0 Å². The van der Waals surface area contributed by atoms with Crippen molar-refractivity contribution >= 4 is 34.8 Å². The Labute approximate surface area is 203 Å². The van der Waals surface area contributed by atoms with Crippen molar-refractivity contribution in [1.29, 1.82) is 0 Å². The van der Waals surface area contributed by atoms with E-state index in [-0.39, 0.29) is 65.8 Å². The third kappa shape index (κ3) is 4.46. The number of hydrogen-bond donors (Lipinski definition) is 2. The van der Waals surface area contributed by atoms with E-state index in [1.165, 1.54) is 19.3 Å². The van der Waals surface area contributed by atoms with E-state index < -0.39 is 11.9 Å². The number of amides is 1. The zero-order valence-electron chi connectivity index (χ0n) is 20.2. The van der Waals surface area contributed by atoms with Crippen LogP contribution in [0.3, 0.4) is 0 Å². The van der Waals surface area contributed by atoms with Crippen LogP contribution in [0.2, 0.25) is 0 Å². The summed E-state index contributed by atoms with van der Waals surface area (Å²) in [5.74, 6) is 1.65. The number of furan rings is 1. The molecular weight excluding hydrogens is 452 g/mol. The smallest absolute Gasteiger partial charge is 0.342 e. The zero-order chi connectivity index (χ0) is 24.7. The molecule has 1 amide bonds. The molecule has 0 radical (unpaired) electrons. The summed E-state index contributed by atoms with van der Waals surface area (Å²) in [6, 6.07) is 0. The first kappa shape index (κ1) is 23.6. The summed E-state index contributed by atoms with van der Waals surface area (Å²) in [4.78, 5) is 45.9. The van der Waals surface area contributed by atoms with Crippen LogP contribution in [-0.2, 0) is 25.7 Å². The molecule has 4 aliphatic rings. The highest BCUT2D eigenvalue weighted by Gasteiger charge is 2.54. The molecule has 0 unspecified atom stereocenters. The fourth-order valence-electron chi connectivity index (χ4n) is 6.77. The van der Waals surface area contributed by atoms with Crippen molar-refractivity contribution in [2.75, 3.05) is 18.9 Å². The maximum Gasteiger partial charge on any atom is 0.342 e. The number of ether oxygens (including phenoxy) is 2. The molecule has 0 saturated heterocycles. The SMILES string of the molecule is CCOC(=O)c1c(C)oc2nc(COC(=O)CCNC(=O)C34CC5CC(CC(C5)C3)C4)nc(N)c12. The Hall–Kier alpha value is -3.17. The Balaban J connectivity index is 1.14. The van der Waals surface area contributed by atoms with Gasteiger partial charge in [0.15, 0.2) is 12.4 Å². The van der Waals surface area contributed by atoms with Crippen molar-refractivity contribution in [2.45, 2.75) is 65.4 Å². The Morgan fingerprint density at radius 2 is 1.74 bits per heavy atom. The summed E-state index contributed by atoms with van der Waals surface area (Å²) in [5, 5.41) is 3.26. The lowest BCUT2D eigenvalue weighted by molar-refractivity contribution is -0.147. The average molecular weight is 485 g/mol. The third-order valence-corrected chi connectivity index (χ3v) is 7.78. The lowest BCUT2D eigenvalue weighted by Crippen LogP contribution is -2.53. The first-order chi connectivity index (χ1) is 16.8. The van der Waals surface area contributed by atoms with Gasteiger partial charge in [0.25, 0.3) is 0 Å². The van der Waals surface area contributed by atoms with Gasteiger partial charge in [-0.3, -0.25) is 9.59 Å². The van der Waals surface area contributed by atoms with Crippen LogP contribution in [0, 0.1) is 30.1 Å². The maximum atomic E-state index is 13.0. The molecule has 2 heterocycles. The highest BCUT2D eigenvalue weighted by molar-refractivity contribution is 6.07. The highest BCUT2D eigenvalue weighted by atomic mass is 16.5. The van der Waals surface area contributed by atoms with Gasteiger partial charge in [-0.2, -0.15) is 4.98 Å². The summed E-state index contributed by atoms with van der Waals surface area (Å²) in [6.45, 7) is 3.57. The average Bonchev–Trinajstić information content (AvgIpc) is 3.13. The maximum absolute atomic E-state index is 13.0. The van der Waals surface area contributed by atoms with Crippen LogP contribution in [-0.4, -0.2) is 41.0 Å². The summed E-state index contributed by atoms with van der Waals surface area (Å²) in [5.41, 5.74) is 6.13. The molecule has 2 aromatic heterocycles. The first-order valence-electron chi connectivity index (χ1n) is 12.4. The molecule has 0 aromatic carbocycles. The van der Waals surface area contributed by atoms with Crippen molar-refractivity contribution in [3.63, 3.8) is 0 Å². The number of anilines is 1. The number of carbonyl (C=O) groups excluding carboxylic acids is 3. The predicted octanol–water partition coefficient (Wildman–Crippen LogP) is 3.06. The van der Waals surface area contributed by atoms with Crippen molar-refractivity contribution in [1.82, 2.24) is 15.3 Å². The monoisotopic (exact) mass is 484 g/mol. The van der Waals surface area contributed by atoms with E-state index in [9.17, 15) is 14.4 Å². The van der Waals surface area contributed by atoms with Gasteiger partial charge in [-0.1, -0.05) is 0 Å². The minimum absolute atomic E-state index is 0.0452. The number of nitrogens with two attached hydrogens (primary N) is 1. The van der Waals surface area contributed by atoms with Gasteiger partial charge in [-0.25, -0.2) is 9.78 Å². The number of fused-ring (bicyclic) bond motifs is 1. The number of aryl methyl sites for hydroxylation is 1. The van der Waals surface area contributed by atoms with E-state index in [1.807, 2.05) is 0 Å². The number of rotatable bonds is 8. The van der Waals surface area contributed by atoms with E-state index in [4.69, 9.17) is 19.6 Å². The first-order valence-corrected chi connectivity index (χ1v) is 12.4. The van der Waals surface area contributed by atoms with Gasteiger partial charge in [0.1, 0.15) is 17.1 Å². The largest absolute Gasteiger partial charge is 0.462 e. The van der Waals surface area contributed by atoms with Gasteiger partial charge >= 0.3 is 11.9 Å². The second kappa shape index (κ2) is 9.13. The number of esters is 2. The standard InChI is InChI=1S/C25H32N4O6/c1-3-33-23(31)19-13(2)35-22-20(19)21(26)28-17(29-22)12-34-18(30)4-5-27-24(32)25-9-14-6-15(10-25)8-16(7-14)11-25/h14-16H,3-12H2,1-2H3,(H,27,32)(H2,26,28,29). The number of carbonyl (C=O) groups is 3.